The number of rotatable bonds is 3. The van der Waals surface area contributed by atoms with Crippen molar-refractivity contribution in [2.75, 3.05) is 0 Å². The van der Waals surface area contributed by atoms with Gasteiger partial charge in [-0.2, -0.15) is 0 Å². The minimum atomic E-state index is -2.57. The number of ether oxygens (including phenoxy) is 1. The molecule has 2 atom stereocenters. The van der Waals surface area contributed by atoms with Crippen molar-refractivity contribution >= 4 is 6.09 Å². The predicted octanol–water partition coefficient (Wildman–Crippen LogP) is 2.28. The molecule has 0 heterocycles. The zero-order valence-electron chi connectivity index (χ0n) is 9.03. The minimum Gasteiger partial charge on any atom is -0.465 e. The van der Waals surface area contributed by atoms with Gasteiger partial charge in [0.1, 0.15) is 0 Å². The van der Waals surface area contributed by atoms with E-state index in [1.807, 2.05) is 5.32 Å². The lowest BCUT2D eigenvalue weighted by Crippen LogP contribution is -2.46. The van der Waals surface area contributed by atoms with Crippen LogP contribution in [0, 0.1) is 0 Å². The van der Waals surface area contributed by atoms with Crippen LogP contribution in [0.3, 0.4) is 0 Å². The summed E-state index contributed by atoms with van der Waals surface area (Å²) in [6, 6.07) is 0. The van der Waals surface area contributed by atoms with E-state index in [-0.39, 0.29) is 11.8 Å². The summed E-state index contributed by atoms with van der Waals surface area (Å²) >= 11 is 0. The number of amides is 1. The van der Waals surface area contributed by atoms with Gasteiger partial charge in [-0.25, -0.2) is 13.6 Å². The molecule has 4 nitrogen and oxygen atoms in total. The Hall–Kier alpha value is -1.43. The van der Waals surface area contributed by atoms with Crippen LogP contribution in [0.1, 0.15) is 19.3 Å². The maximum atomic E-state index is 14.2. The maximum Gasteiger partial charge on any atom is 0.408 e. The van der Waals surface area contributed by atoms with E-state index in [0.29, 0.717) is 12.8 Å². The van der Waals surface area contributed by atoms with Gasteiger partial charge in [-0.15, -0.1) is 0 Å². The second kappa shape index (κ2) is 4.44. The molecule has 0 aromatic rings. The molecule has 0 aliphatic heterocycles. The van der Waals surface area contributed by atoms with Crippen molar-refractivity contribution in [1.29, 1.82) is 0 Å². The summed E-state index contributed by atoms with van der Waals surface area (Å²) in [7, 11) is 0. The monoisotopic (exact) mass is 245 g/mol. The lowest BCUT2D eigenvalue weighted by Gasteiger charge is -2.36. The predicted molar refractivity (Wildman–Crippen MR) is 55.8 cm³/mol. The Morgan fingerprint density at radius 3 is 2.82 bits per heavy atom. The lowest BCUT2D eigenvalue weighted by atomic mass is 9.95. The zero-order chi connectivity index (χ0) is 12.5. The largest absolute Gasteiger partial charge is 0.465 e. The highest BCUT2D eigenvalue weighted by Gasteiger charge is 2.45. The number of allylic oxidation sites excluding steroid dienone is 2. The molecule has 2 unspecified atom stereocenters. The molecule has 0 bridgehead atoms. The SMILES string of the molecule is O=C(O)NC1=CC=CC(F)(OC2CCC2)C1F. The van der Waals surface area contributed by atoms with Crippen molar-refractivity contribution in [1.82, 2.24) is 5.32 Å². The Morgan fingerprint density at radius 1 is 1.59 bits per heavy atom. The molecule has 0 aromatic heterocycles. The number of alkyl halides is 2. The van der Waals surface area contributed by atoms with Crippen LogP contribution >= 0.6 is 0 Å². The van der Waals surface area contributed by atoms with E-state index in [4.69, 9.17) is 9.84 Å². The summed E-state index contributed by atoms with van der Waals surface area (Å²) in [6.45, 7) is 0. The Bertz CT molecular complexity index is 379. The topological polar surface area (TPSA) is 58.6 Å². The summed E-state index contributed by atoms with van der Waals surface area (Å²) in [5, 5.41) is 10.3. The highest BCUT2D eigenvalue weighted by Crippen LogP contribution is 2.36. The van der Waals surface area contributed by atoms with Gasteiger partial charge >= 0.3 is 6.09 Å². The standard InChI is InChI=1S/C11H13F2NO3/c12-9-8(14-10(15)16)5-2-6-11(9,13)17-7-3-1-4-7/h2,5-7,9,14H,1,3-4H2,(H,15,16). The Kier molecular flexibility index (Phi) is 3.15. The molecule has 0 saturated heterocycles. The summed E-state index contributed by atoms with van der Waals surface area (Å²) in [6.07, 6.45) is 1.90. The van der Waals surface area contributed by atoms with Crippen LogP contribution < -0.4 is 5.32 Å². The number of nitrogens with one attached hydrogen (secondary N) is 1. The van der Waals surface area contributed by atoms with E-state index in [2.05, 4.69) is 0 Å². The fourth-order valence-electron chi connectivity index (χ4n) is 1.74. The third-order valence-electron chi connectivity index (χ3n) is 2.87. The lowest BCUT2D eigenvalue weighted by molar-refractivity contribution is -0.193. The Labute approximate surface area is 96.9 Å². The van der Waals surface area contributed by atoms with Gasteiger partial charge in [0.25, 0.3) is 5.85 Å². The second-order valence-corrected chi connectivity index (χ2v) is 4.14. The molecular formula is C11H13F2NO3. The molecule has 1 fully saturated rings. The van der Waals surface area contributed by atoms with Gasteiger partial charge in [-0.3, -0.25) is 5.32 Å². The van der Waals surface area contributed by atoms with Crippen LogP contribution in [-0.4, -0.2) is 29.3 Å². The van der Waals surface area contributed by atoms with Crippen molar-refractivity contribution in [2.24, 2.45) is 0 Å². The molecule has 0 spiro atoms. The number of hydrogen-bond acceptors (Lipinski definition) is 2. The van der Waals surface area contributed by atoms with Crippen molar-refractivity contribution < 1.29 is 23.4 Å². The third-order valence-corrected chi connectivity index (χ3v) is 2.87. The third kappa shape index (κ3) is 2.46. The minimum absolute atomic E-state index is 0.285. The van der Waals surface area contributed by atoms with Crippen LogP contribution in [0.15, 0.2) is 23.9 Å². The summed E-state index contributed by atoms with van der Waals surface area (Å²) in [5.74, 6) is -2.57. The molecular weight excluding hydrogens is 232 g/mol. The maximum absolute atomic E-state index is 14.2. The first kappa shape index (κ1) is 12.0. The second-order valence-electron chi connectivity index (χ2n) is 4.14. The molecule has 6 heteroatoms. The van der Waals surface area contributed by atoms with E-state index in [0.717, 1.165) is 12.5 Å². The fraction of sp³-hybridized carbons (Fsp3) is 0.545. The molecule has 2 aliphatic carbocycles. The van der Waals surface area contributed by atoms with Gasteiger partial charge in [-0.1, -0.05) is 6.08 Å². The molecule has 2 N–H and O–H groups in total. The fourth-order valence-corrected chi connectivity index (χ4v) is 1.74. The zero-order valence-corrected chi connectivity index (χ0v) is 9.03. The number of carbonyl (C=O) groups is 1. The average molecular weight is 245 g/mol. The van der Waals surface area contributed by atoms with Crippen molar-refractivity contribution in [3.63, 3.8) is 0 Å². The molecule has 2 rings (SSSR count). The van der Waals surface area contributed by atoms with E-state index >= 15 is 0 Å². The van der Waals surface area contributed by atoms with Crippen LogP contribution in [-0.2, 0) is 4.74 Å². The van der Waals surface area contributed by atoms with Gasteiger partial charge in [0, 0.05) is 0 Å². The molecule has 94 valence electrons. The van der Waals surface area contributed by atoms with Crippen LogP contribution in [0.25, 0.3) is 0 Å². The van der Waals surface area contributed by atoms with E-state index in [9.17, 15) is 13.6 Å². The molecule has 17 heavy (non-hydrogen) atoms. The first-order valence-electron chi connectivity index (χ1n) is 5.41. The van der Waals surface area contributed by atoms with Crippen molar-refractivity contribution in [2.45, 2.75) is 37.4 Å². The number of halogens is 2. The first-order chi connectivity index (χ1) is 8.01. The number of carboxylic acid groups (broad SMARTS) is 1. The summed E-state index contributed by atoms with van der Waals surface area (Å²) in [4.78, 5) is 10.4. The highest BCUT2D eigenvalue weighted by atomic mass is 19.2. The molecule has 0 radical (unpaired) electrons. The Morgan fingerprint density at radius 2 is 2.29 bits per heavy atom. The van der Waals surface area contributed by atoms with E-state index in [1.54, 1.807) is 0 Å². The highest BCUT2D eigenvalue weighted by molar-refractivity contribution is 5.67. The van der Waals surface area contributed by atoms with E-state index in [1.165, 1.54) is 12.2 Å². The van der Waals surface area contributed by atoms with Crippen LogP contribution in [0.2, 0.25) is 0 Å². The van der Waals surface area contributed by atoms with Gasteiger partial charge < -0.3 is 9.84 Å². The van der Waals surface area contributed by atoms with E-state index < -0.39 is 18.1 Å². The van der Waals surface area contributed by atoms with Gasteiger partial charge in [-0.05, 0) is 31.4 Å². The Balaban J connectivity index is 2.06. The average Bonchev–Trinajstić information content (AvgIpc) is 2.19. The summed E-state index contributed by atoms with van der Waals surface area (Å²) < 4.78 is 33.0. The van der Waals surface area contributed by atoms with Crippen LogP contribution in [0.4, 0.5) is 13.6 Å². The normalized spacial score (nSPS) is 32.8. The molecule has 1 saturated carbocycles. The van der Waals surface area contributed by atoms with Crippen molar-refractivity contribution in [3.8, 4) is 0 Å². The molecule has 1 amide bonds. The van der Waals surface area contributed by atoms with Crippen LogP contribution in [0.5, 0.6) is 0 Å². The van der Waals surface area contributed by atoms with Gasteiger partial charge in [0.2, 0.25) is 6.17 Å². The molecule has 2 aliphatic rings. The van der Waals surface area contributed by atoms with Crippen molar-refractivity contribution in [3.05, 3.63) is 23.9 Å². The molecule has 0 aromatic carbocycles. The van der Waals surface area contributed by atoms with Gasteiger partial charge in [0.15, 0.2) is 0 Å². The quantitative estimate of drug-likeness (QED) is 0.802. The number of hydrogen-bond donors (Lipinski definition) is 2. The summed E-state index contributed by atoms with van der Waals surface area (Å²) in [5.41, 5.74) is -0.346. The first-order valence-corrected chi connectivity index (χ1v) is 5.41. The van der Waals surface area contributed by atoms with Gasteiger partial charge in [0.05, 0.1) is 11.8 Å². The smallest absolute Gasteiger partial charge is 0.408 e.